The van der Waals surface area contributed by atoms with Crippen molar-refractivity contribution in [2.45, 2.75) is 147 Å². The van der Waals surface area contributed by atoms with Crippen molar-refractivity contribution in [2.75, 3.05) is 33.5 Å². The minimum absolute atomic E-state index is 0.0107. The van der Waals surface area contributed by atoms with Crippen molar-refractivity contribution in [1.82, 2.24) is 4.90 Å². The maximum atomic E-state index is 15.1. The SMILES string of the molecule is C=CCO[C@@]12Oc3ccc(Oc4ccc(OC)c(C=O)c4)cc3[C@H]3[C@H](CCCCO)[C@@H](CCCCO)C=C(C(=NOCC)C[C@@H]1N(Cc1ccc(F)cc1)C(=O)CCCCCCCCCCC)[C@H]32. The predicted molar refractivity (Wildman–Crippen MR) is 264 cm³/mol. The summed E-state index contributed by atoms with van der Waals surface area (Å²) in [6.45, 7) is 9.01. The van der Waals surface area contributed by atoms with Crippen molar-refractivity contribution in [2.24, 2.45) is 22.9 Å². The number of hydrogen-bond donors (Lipinski definition) is 2. The van der Waals surface area contributed by atoms with Crippen molar-refractivity contribution < 1.29 is 48.0 Å². The van der Waals surface area contributed by atoms with Crippen LogP contribution in [0.15, 0.2) is 90.1 Å². The third kappa shape index (κ3) is 13.0. The molecule has 0 spiro atoms. The molecule has 0 radical (unpaired) electrons. The monoisotopic (exact) mass is 939 g/mol. The summed E-state index contributed by atoms with van der Waals surface area (Å²) in [4.78, 5) is 34.9. The molecule has 68 heavy (non-hydrogen) atoms. The highest BCUT2D eigenvalue weighted by Crippen LogP contribution is 2.62. The molecule has 0 bridgehead atoms. The van der Waals surface area contributed by atoms with E-state index in [0.717, 1.165) is 74.4 Å². The molecule has 6 rings (SSSR count). The zero-order chi connectivity index (χ0) is 48.3. The molecule has 0 saturated heterocycles. The molecule has 1 fully saturated rings. The zero-order valence-electron chi connectivity index (χ0n) is 40.7. The minimum atomic E-state index is -1.44. The molecular formula is C56H75FN2O9. The number of rotatable bonds is 30. The number of carbonyl (C=O) groups is 2. The third-order valence-electron chi connectivity index (χ3n) is 14.0. The van der Waals surface area contributed by atoms with Gasteiger partial charge in [-0.2, -0.15) is 0 Å². The summed E-state index contributed by atoms with van der Waals surface area (Å²) >= 11 is 0. The van der Waals surface area contributed by atoms with Crippen LogP contribution in [0.5, 0.6) is 23.0 Å². The topological polar surface area (TPSA) is 136 Å². The van der Waals surface area contributed by atoms with E-state index < -0.39 is 17.7 Å². The molecule has 2 aliphatic carbocycles. The van der Waals surface area contributed by atoms with E-state index in [9.17, 15) is 19.4 Å². The summed E-state index contributed by atoms with van der Waals surface area (Å²) in [7, 11) is 1.52. The lowest BCUT2D eigenvalue weighted by Crippen LogP contribution is -2.70. The summed E-state index contributed by atoms with van der Waals surface area (Å²) in [6, 6.07) is 16.5. The highest BCUT2D eigenvalue weighted by molar-refractivity contribution is 6.03. The standard InChI is InChI=1S/C56H75FN2O9/c1-5-8-9-10-11-12-13-14-15-22-53(63)59(38-40-23-25-43(57)26-24-40)52-37-49(58-66-7-3)47-35-41(20-16-18-31-60)46(21-17-19-32-61)54-48-36-45(67-44-27-29-50(64-4)42(34-44)39-62)28-30-51(48)68-56(52,55(47)54)65-33-6-2/h6,23-30,34-36,39,41,46,52,54-55,60-61H,2,5,7-22,31-33,37-38H2,1,3-4H3/t41-,46+,52-,54+,55+,56+/m0/s1. The average Bonchev–Trinajstić information content (AvgIpc) is 3.35. The molecule has 3 aromatic rings. The molecule has 370 valence electrons. The van der Waals surface area contributed by atoms with Gasteiger partial charge in [0, 0.05) is 44.1 Å². The zero-order valence-corrected chi connectivity index (χ0v) is 40.7. The molecule has 0 unspecified atom stereocenters. The molecule has 1 aliphatic heterocycles. The molecule has 1 amide bonds. The van der Waals surface area contributed by atoms with E-state index >= 15 is 4.79 Å². The lowest BCUT2D eigenvalue weighted by atomic mass is 9.55. The maximum absolute atomic E-state index is 15.1. The summed E-state index contributed by atoms with van der Waals surface area (Å²) in [5, 5.41) is 24.8. The second-order valence-corrected chi connectivity index (χ2v) is 18.5. The Morgan fingerprint density at radius 1 is 0.897 bits per heavy atom. The van der Waals surface area contributed by atoms with Crippen LogP contribution in [-0.2, 0) is 20.9 Å². The fourth-order valence-corrected chi connectivity index (χ4v) is 10.7. The van der Waals surface area contributed by atoms with Crippen molar-refractivity contribution >= 4 is 17.9 Å². The van der Waals surface area contributed by atoms with Gasteiger partial charge in [-0.15, -0.1) is 6.58 Å². The van der Waals surface area contributed by atoms with E-state index in [4.69, 9.17) is 28.9 Å². The largest absolute Gasteiger partial charge is 0.496 e. The van der Waals surface area contributed by atoms with E-state index in [0.29, 0.717) is 60.1 Å². The predicted octanol–water partition coefficient (Wildman–Crippen LogP) is 12.0. The number of benzene rings is 3. The van der Waals surface area contributed by atoms with E-state index in [-0.39, 0.29) is 62.3 Å². The first-order valence-electron chi connectivity index (χ1n) is 25.3. The number of aldehydes is 1. The van der Waals surface area contributed by atoms with Gasteiger partial charge in [0.05, 0.1) is 30.9 Å². The molecule has 3 aromatic carbocycles. The van der Waals surface area contributed by atoms with Gasteiger partial charge >= 0.3 is 0 Å². The van der Waals surface area contributed by atoms with Crippen molar-refractivity contribution in [3.63, 3.8) is 0 Å². The van der Waals surface area contributed by atoms with Crippen LogP contribution in [0.4, 0.5) is 4.39 Å². The van der Waals surface area contributed by atoms with Crippen LogP contribution in [-0.4, -0.2) is 78.4 Å². The Hall–Kier alpha value is -5.04. The molecular weight excluding hydrogens is 864 g/mol. The number of fused-ring (bicyclic) bond motifs is 2. The Morgan fingerprint density at radius 2 is 1.59 bits per heavy atom. The normalized spacial score (nSPS) is 22.1. The number of carbonyl (C=O) groups excluding carboxylic acids is 2. The molecule has 2 N–H and O–H groups in total. The van der Waals surface area contributed by atoms with E-state index in [2.05, 4.69) is 19.6 Å². The quantitative estimate of drug-likeness (QED) is 0.0290. The highest BCUT2D eigenvalue weighted by Gasteiger charge is 2.65. The number of oxime groups is 1. The first-order chi connectivity index (χ1) is 33.2. The summed E-state index contributed by atoms with van der Waals surface area (Å²) in [5.74, 6) is -0.517. The number of allylic oxidation sites excluding steroid dienone is 1. The summed E-state index contributed by atoms with van der Waals surface area (Å²) < 4.78 is 40.9. The van der Waals surface area contributed by atoms with Crippen LogP contribution in [0, 0.1) is 23.6 Å². The van der Waals surface area contributed by atoms with Gasteiger partial charge in [-0.05, 0) is 111 Å². The van der Waals surface area contributed by atoms with Crippen LogP contribution in [0.2, 0.25) is 0 Å². The maximum Gasteiger partial charge on any atom is 0.239 e. The Morgan fingerprint density at radius 3 is 2.26 bits per heavy atom. The fourth-order valence-electron chi connectivity index (χ4n) is 10.7. The van der Waals surface area contributed by atoms with Crippen LogP contribution >= 0.6 is 0 Å². The number of aliphatic hydroxyl groups is 2. The lowest BCUT2D eigenvalue weighted by Gasteiger charge is -2.60. The van der Waals surface area contributed by atoms with Crippen LogP contribution in [0.25, 0.3) is 0 Å². The summed E-state index contributed by atoms with van der Waals surface area (Å²) in [5.41, 5.74) is 3.69. The van der Waals surface area contributed by atoms with Gasteiger partial charge in [-0.25, -0.2) is 4.39 Å². The van der Waals surface area contributed by atoms with Crippen molar-refractivity contribution in [3.8, 4) is 23.0 Å². The molecule has 3 aliphatic rings. The number of amides is 1. The number of methoxy groups -OCH3 is 1. The minimum Gasteiger partial charge on any atom is -0.496 e. The third-order valence-corrected chi connectivity index (χ3v) is 14.0. The van der Waals surface area contributed by atoms with Gasteiger partial charge in [0.15, 0.2) is 6.29 Å². The second kappa shape index (κ2) is 26.6. The molecule has 6 atom stereocenters. The van der Waals surface area contributed by atoms with E-state index in [1.165, 1.54) is 51.3 Å². The van der Waals surface area contributed by atoms with Gasteiger partial charge in [-0.3, -0.25) is 9.59 Å². The number of nitrogens with zero attached hydrogens (tertiary/aromatic N) is 2. The highest BCUT2D eigenvalue weighted by atomic mass is 19.1. The lowest BCUT2D eigenvalue weighted by molar-refractivity contribution is -0.258. The first kappa shape index (κ1) is 52.3. The average molecular weight is 939 g/mol. The Kier molecular flexibility index (Phi) is 20.5. The van der Waals surface area contributed by atoms with Gasteiger partial charge in [-0.1, -0.05) is 101 Å². The number of aliphatic hydroxyl groups excluding tert-OH is 2. The van der Waals surface area contributed by atoms with Gasteiger partial charge in [0.25, 0.3) is 0 Å². The molecule has 0 aromatic heterocycles. The Balaban J connectivity index is 1.50. The van der Waals surface area contributed by atoms with Crippen LogP contribution in [0.1, 0.15) is 150 Å². The van der Waals surface area contributed by atoms with E-state index in [1.54, 1.807) is 36.4 Å². The molecule has 11 nitrogen and oxygen atoms in total. The fraction of sp³-hybridized carbons (Fsp3) is 0.554. The molecule has 12 heteroatoms. The van der Waals surface area contributed by atoms with E-state index in [1.807, 2.05) is 30.0 Å². The number of halogens is 1. The molecule has 1 heterocycles. The Labute approximate surface area is 403 Å². The smallest absolute Gasteiger partial charge is 0.239 e. The van der Waals surface area contributed by atoms with Crippen molar-refractivity contribution in [3.05, 3.63) is 107 Å². The number of ether oxygens (including phenoxy) is 4. The molecule has 1 saturated carbocycles. The van der Waals surface area contributed by atoms with Gasteiger partial charge in [0.1, 0.15) is 41.5 Å². The Bertz CT molecular complexity index is 2140. The van der Waals surface area contributed by atoms with Gasteiger partial charge in [0.2, 0.25) is 11.7 Å². The number of unbranched alkanes of at least 4 members (excludes halogenated alkanes) is 10. The second-order valence-electron chi connectivity index (χ2n) is 18.5. The van der Waals surface area contributed by atoms with Crippen LogP contribution in [0.3, 0.4) is 0 Å². The van der Waals surface area contributed by atoms with Crippen LogP contribution < -0.4 is 14.2 Å². The van der Waals surface area contributed by atoms with Gasteiger partial charge < -0.3 is 38.9 Å². The number of hydrogen-bond acceptors (Lipinski definition) is 10. The summed E-state index contributed by atoms with van der Waals surface area (Å²) in [6.07, 6.45) is 19.9. The first-order valence-corrected chi connectivity index (χ1v) is 25.3. The van der Waals surface area contributed by atoms with Crippen molar-refractivity contribution in [1.29, 1.82) is 0 Å².